The van der Waals surface area contributed by atoms with Gasteiger partial charge in [-0.25, -0.2) is 8.78 Å². The van der Waals surface area contributed by atoms with Crippen molar-refractivity contribution in [3.05, 3.63) is 57.8 Å². The second-order valence-corrected chi connectivity index (χ2v) is 5.13. The molecule has 1 aromatic carbocycles. The smallest absolute Gasteiger partial charge is 0.275 e. The van der Waals surface area contributed by atoms with Crippen LogP contribution >= 0.6 is 0 Å². The molecule has 0 unspecified atom stereocenters. The van der Waals surface area contributed by atoms with E-state index in [1.54, 1.807) is 0 Å². The van der Waals surface area contributed by atoms with E-state index in [0.717, 1.165) is 30.7 Å². The first-order valence-electron chi connectivity index (χ1n) is 7.23. The number of aromatic amines is 1. The van der Waals surface area contributed by atoms with Gasteiger partial charge in [-0.05, 0) is 18.6 Å². The minimum atomic E-state index is -0.933. The van der Waals surface area contributed by atoms with Gasteiger partial charge in [0.1, 0.15) is 0 Å². The number of anilines is 1. The van der Waals surface area contributed by atoms with Gasteiger partial charge in [0.25, 0.3) is 5.56 Å². The number of rotatable bonds is 5. The lowest BCUT2D eigenvalue weighted by molar-refractivity contribution is 0.509. The highest BCUT2D eigenvalue weighted by Gasteiger charge is 2.09. The summed E-state index contributed by atoms with van der Waals surface area (Å²) in [6.45, 7) is 2.20. The highest BCUT2D eigenvalue weighted by atomic mass is 19.2. The average Bonchev–Trinajstić information content (AvgIpc) is 2.92. The number of nitrogens with one attached hydrogen (secondary N) is 2. The molecule has 23 heavy (non-hydrogen) atoms. The average molecular weight is 319 g/mol. The molecule has 0 aliphatic heterocycles. The number of halogens is 2. The van der Waals surface area contributed by atoms with Crippen LogP contribution in [0.25, 0.3) is 5.78 Å². The summed E-state index contributed by atoms with van der Waals surface area (Å²) in [4.78, 5) is 19.3. The normalized spacial score (nSPS) is 11.1. The van der Waals surface area contributed by atoms with E-state index in [1.165, 1.54) is 16.6 Å². The largest absolute Gasteiger partial charge is 0.378 e. The summed E-state index contributed by atoms with van der Waals surface area (Å²) in [6, 6.07) is 5.00. The molecular weight excluding hydrogens is 304 g/mol. The quantitative estimate of drug-likeness (QED) is 0.756. The first kappa shape index (κ1) is 15.1. The lowest BCUT2D eigenvalue weighted by Gasteiger charge is -2.03. The molecule has 3 rings (SSSR count). The lowest BCUT2D eigenvalue weighted by atomic mass is 10.2. The maximum Gasteiger partial charge on any atom is 0.275 e. The molecule has 0 bridgehead atoms. The third-order valence-corrected chi connectivity index (χ3v) is 3.32. The number of fused-ring (bicyclic) bond motifs is 1. The predicted octanol–water partition coefficient (Wildman–Crippen LogP) is 2.26. The number of H-pyrrole nitrogens is 1. The van der Waals surface area contributed by atoms with Gasteiger partial charge in [0, 0.05) is 23.5 Å². The van der Waals surface area contributed by atoms with Crippen LogP contribution in [0.1, 0.15) is 24.9 Å². The van der Waals surface area contributed by atoms with Gasteiger partial charge < -0.3 is 10.3 Å². The Hall–Kier alpha value is -2.77. The standard InChI is InChI=1S/C15H15F2N5O/c1-2-3-10-7-14(23)22-15(19-10)20-13(21-22)8-18-9-4-5-11(16)12(17)6-9/h4-7,18H,2-3,8H2,1H3,(H,19,20,21). The van der Waals surface area contributed by atoms with Crippen molar-refractivity contribution in [1.82, 2.24) is 19.6 Å². The Morgan fingerprint density at radius 1 is 1.26 bits per heavy atom. The number of benzene rings is 1. The summed E-state index contributed by atoms with van der Waals surface area (Å²) in [7, 11) is 0. The van der Waals surface area contributed by atoms with E-state index in [4.69, 9.17) is 0 Å². The summed E-state index contributed by atoms with van der Waals surface area (Å²) >= 11 is 0. The molecule has 8 heteroatoms. The van der Waals surface area contributed by atoms with Crippen molar-refractivity contribution in [3.8, 4) is 0 Å². The summed E-state index contributed by atoms with van der Waals surface area (Å²) in [5.74, 6) is -1.10. The van der Waals surface area contributed by atoms with Crippen LogP contribution in [0, 0.1) is 11.6 Å². The fourth-order valence-electron chi connectivity index (χ4n) is 2.25. The maximum absolute atomic E-state index is 13.1. The van der Waals surface area contributed by atoms with Gasteiger partial charge in [0.2, 0.25) is 5.78 Å². The van der Waals surface area contributed by atoms with E-state index < -0.39 is 11.6 Å². The number of hydrogen-bond donors (Lipinski definition) is 2. The van der Waals surface area contributed by atoms with E-state index >= 15 is 0 Å². The first-order chi connectivity index (χ1) is 11.1. The Morgan fingerprint density at radius 2 is 2.09 bits per heavy atom. The highest BCUT2D eigenvalue weighted by molar-refractivity contribution is 5.43. The van der Waals surface area contributed by atoms with Crippen molar-refractivity contribution in [2.24, 2.45) is 0 Å². The molecule has 0 spiro atoms. The Kier molecular flexibility index (Phi) is 4.05. The van der Waals surface area contributed by atoms with Crippen LogP contribution in [-0.2, 0) is 13.0 Å². The van der Waals surface area contributed by atoms with Gasteiger partial charge in [-0.2, -0.15) is 9.50 Å². The van der Waals surface area contributed by atoms with E-state index in [-0.39, 0.29) is 12.1 Å². The second kappa shape index (κ2) is 6.15. The minimum absolute atomic E-state index is 0.184. The topological polar surface area (TPSA) is 75.1 Å². The fourth-order valence-corrected chi connectivity index (χ4v) is 2.25. The van der Waals surface area contributed by atoms with Gasteiger partial charge in [-0.15, -0.1) is 5.10 Å². The molecule has 0 saturated carbocycles. The molecule has 0 radical (unpaired) electrons. The van der Waals surface area contributed by atoms with Crippen molar-refractivity contribution >= 4 is 11.5 Å². The molecular formula is C15H15F2N5O. The Balaban J connectivity index is 1.81. The molecule has 2 heterocycles. The van der Waals surface area contributed by atoms with Gasteiger partial charge >= 0.3 is 0 Å². The molecule has 2 N–H and O–H groups in total. The summed E-state index contributed by atoms with van der Waals surface area (Å²) in [6.07, 6.45) is 1.66. The molecule has 0 atom stereocenters. The summed E-state index contributed by atoms with van der Waals surface area (Å²) in [5, 5.41) is 6.99. The third kappa shape index (κ3) is 3.20. The number of aromatic nitrogens is 4. The zero-order valence-corrected chi connectivity index (χ0v) is 12.4. The van der Waals surface area contributed by atoms with Crippen LogP contribution in [0.4, 0.5) is 14.5 Å². The third-order valence-electron chi connectivity index (χ3n) is 3.32. The number of aryl methyl sites for hydroxylation is 1. The maximum atomic E-state index is 13.1. The molecule has 0 saturated heterocycles. The first-order valence-corrected chi connectivity index (χ1v) is 7.23. The van der Waals surface area contributed by atoms with Crippen molar-refractivity contribution in [3.63, 3.8) is 0 Å². The van der Waals surface area contributed by atoms with Crippen LogP contribution in [0.2, 0.25) is 0 Å². The number of nitrogens with zero attached hydrogens (tertiary/aromatic N) is 3. The minimum Gasteiger partial charge on any atom is -0.378 e. The molecule has 2 aromatic heterocycles. The van der Waals surface area contributed by atoms with Gasteiger partial charge in [-0.3, -0.25) is 4.79 Å². The number of hydrogen-bond acceptors (Lipinski definition) is 4. The van der Waals surface area contributed by atoms with Crippen LogP contribution in [0.5, 0.6) is 0 Å². The molecule has 0 amide bonds. The van der Waals surface area contributed by atoms with Gasteiger partial charge in [0.05, 0.1) is 6.54 Å². The van der Waals surface area contributed by atoms with Gasteiger partial charge in [0.15, 0.2) is 17.5 Å². The SMILES string of the molecule is CCCc1cc(=O)n2nc(CNc3ccc(F)c(F)c3)nc2[nH]1. The summed E-state index contributed by atoms with van der Waals surface area (Å²) < 4.78 is 27.2. The molecule has 0 aliphatic carbocycles. The van der Waals surface area contributed by atoms with E-state index in [9.17, 15) is 13.6 Å². The van der Waals surface area contributed by atoms with Crippen LogP contribution in [-0.4, -0.2) is 19.6 Å². The zero-order chi connectivity index (χ0) is 16.4. The van der Waals surface area contributed by atoms with Gasteiger partial charge in [-0.1, -0.05) is 13.3 Å². The second-order valence-electron chi connectivity index (χ2n) is 5.13. The predicted molar refractivity (Wildman–Crippen MR) is 81.3 cm³/mol. The van der Waals surface area contributed by atoms with Crippen LogP contribution in [0.15, 0.2) is 29.1 Å². The molecule has 6 nitrogen and oxygen atoms in total. The molecule has 0 aliphatic rings. The van der Waals surface area contributed by atoms with Crippen molar-refractivity contribution in [1.29, 1.82) is 0 Å². The Bertz CT molecular complexity index is 903. The Labute approximate surface area is 130 Å². The zero-order valence-electron chi connectivity index (χ0n) is 12.4. The lowest BCUT2D eigenvalue weighted by Crippen LogP contribution is -2.15. The molecule has 3 aromatic rings. The van der Waals surface area contributed by atoms with Crippen LogP contribution in [0.3, 0.4) is 0 Å². The summed E-state index contributed by atoms with van der Waals surface area (Å²) in [5.41, 5.74) is 0.951. The van der Waals surface area contributed by atoms with Crippen LogP contribution < -0.4 is 10.9 Å². The van der Waals surface area contributed by atoms with Crippen molar-refractivity contribution < 1.29 is 8.78 Å². The Morgan fingerprint density at radius 3 is 2.83 bits per heavy atom. The monoisotopic (exact) mass is 319 g/mol. The van der Waals surface area contributed by atoms with E-state index in [0.29, 0.717) is 17.3 Å². The highest BCUT2D eigenvalue weighted by Crippen LogP contribution is 2.13. The molecule has 0 fully saturated rings. The van der Waals surface area contributed by atoms with Crippen molar-refractivity contribution in [2.75, 3.05) is 5.32 Å². The molecule has 120 valence electrons. The van der Waals surface area contributed by atoms with E-state index in [2.05, 4.69) is 20.4 Å². The van der Waals surface area contributed by atoms with E-state index in [1.807, 2.05) is 6.92 Å². The fraction of sp³-hybridized carbons (Fsp3) is 0.267. The van der Waals surface area contributed by atoms with Crippen molar-refractivity contribution in [2.45, 2.75) is 26.3 Å².